The van der Waals surface area contributed by atoms with Crippen molar-refractivity contribution in [2.45, 2.75) is 64.1 Å². The van der Waals surface area contributed by atoms with E-state index in [0.29, 0.717) is 24.5 Å². The predicted octanol–water partition coefficient (Wildman–Crippen LogP) is 3.44. The zero-order chi connectivity index (χ0) is 30.4. The maximum atomic E-state index is 16.1. The number of amides is 1. The molecule has 1 amide bonds. The number of halogens is 1. The third kappa shape index (κ3) is 6.06. The van der Waals surface area contributed by atoms with E-state index in [-0.39, 0.29) is 31.2 Å². The molecule has 0 atom stereocenters. The number of hydrogen-bond acceptors (Lipinski definition) is 8. The molecule has 2 aromatic heterocycles. The number of carbonyl (C=O) groups is 1. The lowest BCUT2D eigenvalue weighted by Crippen LogP contribution is -2.45. The van der Waals surface area contributed by atoms with Gasteiger partial charge in [0.1, 0.15) is 6.61 Å². The van der Waals surface area contributed by atoms with Gasteiger partial charge in [0.05, 0.1) is 17.7 Å². The molecule has 0 radical (unpaired) electrons. The average molecular weight is 599 g/mol. The Labute approximate surface area is 246 Å². The number of nitrogens with zero attached hydrogens (tertiary/aromatic N) is 5. The number of fused-ring (bicyclic) bond motifs is 6. The van der Waals surface area contributed by atoms with E-state index in [9.17, 15) is 13.2 Å². The first-order valence-electron chi connectivity index (χ1n) is 14.2. The molecule has 0 spiro atoms. The van der Waals surface area contributed by atoms with Crippen molar-refractivity contribution in [2.24, 2.45) is 0 Å². The molecule has 0 saturated carbocycles. The zero-order valence-electron chi connectivity index (χ0n) is 25.1. The van der Waals surface area contributed by atoms with Gasteiger partial charge < -0.3 is 9.64 Å². The number of benzene rings is 1. The second kappa shape index (κ2) is 11.4. The number of aryl methyl sites for hydroxylation is 1. The summed E-state index contributed by atoms with van der Waals surface area (Å²) in [7, 11) is -2.60. The van der Waals surface area contributed by atoms with Crippen LogP contribution in [0.3, 0.4) is 0 Å². The number of piperazine rings is 1. The second-order valence-electron chi connectivity index (χ2n) is 12.3. The molecule has 2 aliphatic heterocycles. The maximum absolute atomic E-state index is 16.1. The van der Waals surface area contributed by atoms with E-state index in [1.165, 1.54) is 4.68 Å². The van der Waals surface area contributed by atoms with Gasteiger partial charge in [0, 0.05) is 45.0 Å². The molecule has 12 heteroatoms. The third-order valence-corrected chi connectivity index (χ3v) is 9.21. The Morgan fingerprint density at radius 2 is 1.86 bits per heavy atom. The first-order valence-corrected chi connectivity index (χ1v) is 15.7. The van der Waals surface area contributed by atoms with Crippen molar-refractivity contribution < 1.29 is 22.3 Å². The summed E-state index contributed by atoms with van der Waals surface area (Å²) in [5.74, 6) is -1.31. The van der Waals surface area contributed by atoms with Gasteiger partial charge in [-0.2, -0.15) is 13.5 Å². The molecule has 10 nitrogen and oxygen atoms in total. The Morgan fingerprint density at radius 3 is 2.55 bits per heavy atom. The first kappa shape index (κ1) is 30.1. The van der Waals surface area contributed by atoms with Gasteiger partial charge in [-0.15, -0.1) is 0 Å². The van der Waals surface area contributed by atoms with E-state index in [1.54, 1.807) is 20.0 Å². The second-order valence-corrected chi connectivity index (χ2v) is 13.9. The van der Waals surface area contributed by atoms with Crippen LogP contribution in [0, 0.1) is 12.7 Å². The van der Waals surface area contributed by atoms with Gasteiger partial charge in [-0.1, -0.05) is 31.5 Å². The molecule has 3 aromatic rings. The third-order valence-electron chi connectivity index (χ3n) is 7.94. The van der Waals surface area contributed by atoms with Crippen LogP contribution < -0.4 is 9.46 Å². The fraction of sp³-hybridized carbons (Fsp3) is 0.500. The summed E-state index contributed by atoms with van der Waals surface area (Å²) in [4.78, 5) is 22.0. The monoisotopic (exact) mass is 598 g/mol. The lowest BCUT2D eigenvalue weighted by molar-refractivity contribution is -0.118. The number of hydrogen-bond donors (Lipinski definition) is 1. The zero-order valence-corrected chi connectivity index (χ0v) is 25.9. The highest BCUT2D eigenvalue weighted by atomic mass is 32.2. The molecular weight excluding hydrogens is 559 g/mol. The number of pyridine rings is 1. The van der Waals surface area contributed by atoms with Gasteiger partial charge in [0.2, 0.25) is 16.8 Å². The normalized spacial score (nSPS) is 19.4. The smallest absolute Gasteiger partial charge is 0.286 e. The summed E-state index contributed by atoms with van der Waals surface area (Å²) in [6, 6.07) is 7.63. The van der Waals surface area contributed by atoms with Crippen molar-refractivity contribution in [3.8, 4) is 17.0 Å². The molecule has 1 N–H and O–H groups in total. The number of ether oxygens (including phenoxy) is 1. The molecule has 5 rings (SSSR count). The molecule has 4 bridgehead atoms. The van der Waals surface area contributed by atoms with Crippen LogP contribution in [0.4, 0.5) is 4.39 Å². The fourth-order valence-corrected chi connectivity index (χ4v) is 6.63. The SMILES string of the molecule is Cc1cc2c(c(C(C)C)c1)CC(=O)NS(=O)(=O)c1nn(c(CN3CCN(C)CC3)c1F)C(C)(C)COc1cc-2ccn1. The molecule has 4 heterocycles. The van der Waals surface area contributed by atoms with Crippen molar-refractivity contribution in [3.05, 3.63) is 58.7 Å². The lowest BCUT2D eigenvalue weighted by Gasteiger charge is -2.33. The first-order chi connectivity index (χ1) is 19.7. The quantitative estimate of drug-likeness (QED) is 0.489. The number of rotatable bonds is 3. The molecule has 0 unspecified atom stereocenters. The van der Waals surface area contributed by atoms with E-state index < -0.39 is 32.3 Å². The number of aromatic nitrogens is 3. The van der Waals surface area contributed by atoms with Crippen molar-refractivity contribution in [1.82, 2.24) is 29.3 Å². The van der Waals surface area contributed by atoms with E-state index >= 15 is 4.39 Å². The van der Waals surface area contributed by atoms with Gasteiger partial charge in [0.25, 0.3) is 10.0 Å². The molecule has 42 heavy (non-hydrogen) atoms. The van der Waals surface area contributed by atoms with Crippen molar-refractivity contribution >= 4 is 15.9 Å². The minimum Gasteiger partial charge on any atom is -0.475 e. The highest BCUT2D eigenvalue weighted by Crippen LogP contribution is 2.34. The number of nitrogens with one attached hydrogen (secondary N) is 1. The summed E-state index contributed by atoms with van der Waals surface area (Å²) in [5.41, 5.74) is 3.37. The van der Waals surface area contributed by atoms with Gasteiger partial charge in [-0.3, -0.25) is 14.4 Å². The van der Waals surface area contributed by atoms with Crippen LogP contribution in [0.5, 0.6) is 5.88 Å². The van der Waals surface area contributed by atoms with Crippen molar-refractivity contribution in [2.75, 3.05) is 39.8 Å². The molecule has 226 valence electrons. The van der Waals surface area contributed by atoms with Gasteiger partial charge in [0.15, 0.2) is 5.82 Å². The van der Waals surface area contributed by atoms with Crippen molar-refractivity contribution in [1.29, 1.82) is 0 Å². The van der Waals surface area contributed by atoms with Crippen LogP contribution in [0.15, 0.2) is 35.5 Å². The Hall–Kier alpha value is -3.35. The van der Waals surface area contributed by atoms with Gasteiger partial charge in [-0.25, -0.2) is 14.1 Å². The highest BCUT2D eigenvalue weighted by molar-refractivity contribution is 7.90. The maximum Gasteiger partial charge on any atom is 0.286 e. The van der Waals surface area contributed by atoms with Gasteiger partial charge in [-0.05, 0) is 62.1 Å². The standard InChI is InChI=1S/C30H39FN6O4S/c1-19(2)22-13-20(3)14-23-21-7-8-32-27(15-21)41-18-30(4,5)37-25(17-36-11-9-35(6)10-12-36)28(31)29(33-37)42(39,40)34-26(38)16-24(22)23/h7-8,13-15,19H,9-12,16-18H2,1-6H3,(H,34,38). The summed E-state index contributed by atoms with van der Waals surface area (Å²) in [6.07, 6.45) is 1.43. The summed E-state index contributed by atoms with van der Waals surface area (Å²) in [6.45, 7) is 12.9. The van der Waals surface area contributed by atoms with Crippen LogP contribution >= 0.6 is 0 Å². The van der Waals surface area contributed by atoms with Crippen molar-refractivity contribution in [3.63, 3.8) is 0 Å². The molecule has 0 aliphatic carbocycles. The molecular formula is C30H39FN6O4S. The Balaban J connectivity index is 1.64. The minimum atomic E-state index is -4.63. The van der Waals surface area contributed by atoms with Crippen LogP contribution in [-0.2, 0) is 33.3 Å². The highest BCUT2D eigenvalue weighted by Gasteiger charge is 2.36. The number of likely N-dealkylation sites (N-methyl/N-ethyl adjacent to an activating group) is 1. The molecule has 1 saturated heterocycles. The Bertz CT molecular complexity index is 1610. The summed E-state index contributed by atoms with van der Waals surface area (Å²) < 4.78 is 52.8. The van der Waals surface area contributed by atoms with Crippen LogP contribution in [-0.4, -0.2) is 78.7 Å². The summed E-state index contributed by atoms with van der Waals surface area (Å²) >= 11 is 0. The van der Waals surface area contributed by atoms with E-state index in [2.05, 4.69) is 24.6 Å². The Morgan fingerprint density at radius 1 is 1.14 bits per heavy atom. The Kier molecular flexibility index (Phi) is 8.16. The fourth-order valence-electron chi connectivity index (χ4n) is 5.61. The molecule has 1 fully saturated rings. The molecule has 1 aromatic carbocycles. The minimum absolute atomic E-state index is 0.0457. The van der Waals surface area contributed by atoms with E-state index in [4.69, 9.17) is 4.74 Å². The molecule has 2 aliphatic rings. The van der Waals surface area contributed by atoms with Crippen LogP contribution in [0.25, 0.3) is 11.1 Å². The number of sulfonamides is 1. The topological polar surface area (TPSA) is 110 Å². The number of carbonyl (C=O) groups excluding carboxylic acids is 1. The lowest BCUT2D eigenvalue weighted by atomic mass is 9.87. The van der Waals surface area contributed by atoms with E-state index in [1.807, 2.05) is 52.1 Å². The van der Waals surface area contributed by atoms with Crippen LogP contribution in [0.2, 0.25) is 0 Å². The van der Waals surface area contributed by atoms with Crippen LogP contribution in [0.1, 0.15) is 56.0 Å². The summed E-state index contributed by atoms with van der Waals surface area (Å²) in [5, 5.41) is 3.48. The van der Waals surface area contributed by atoms with E-state index in [0.717, 1.165) is 35.3 Å². The van der Waals surface area contributed by atoms with Gasteiger partial charge >= 0.3 is 0 Å². The largest absolute Gasteiger partial charge is 0.475 e. The average Bonchev–Trinajstić information content (AvgIpc) is 3.26. The predicted molar refractivity (Wildman–Crippen MR) is 157 cm³/mol.